The molecule has 2 amide bonds. The van der Waals surface area contributed by atoms with Crippen LogP contribution in [0.5, 0.6) is 11.5 Å². The van der Waals surface area contributed by atoms with Crippen molar-refractivity contribution in [1.29, 1.82) is 0 Å². The molecule has 2 aliphatic rings. The fourth-order valence-corrected chi connectivity index (χ4v) is 4.98. The van der Waals surface area contributed by atoms with Gasteiger partial charge in [0, 0.05) is 36.3 Å². The molecule has 2 aromatic carbocycles. The van der Waals surface area contributed by atoms with Crippen molar-refractivity contribution in [2.45, 2.75) is 19.4 Å². The lowest BCUT2D eigenvalue weighted by Gasteiger charge is -2.53. The van der Waals surface area contributed by atoms with Crippen LogP contribution in [0, 0.1) is 5.41 Å². The molecule has 8 heteroatoms. The first kappa shape index (κ1) is 23.0. The predicted molar refractivity (Wildman–Crippen MR) is 135 cm³/mol. The van der Waals surface area contributed by atoms with Gasteiger partial charge in [-0.3, -0.25) is 4.90 Å². The molecule has 5 rings (SSSR count). The third kappa shape index (κ3) is 5.30. The maximum Gasteiger partial charge on any atom is 0.321 e. The van der Waals surface area contributed by atoms with Crippen molar-refractivity contribution in [3.8, 4) is 11.5 Å². The number of likely N-dealkylation sites (tertiary alicyclic amines) is 2. The third-order valence-corrected chi connectivity index (χ3v) is 7.16. The van der Waals surface area contributed by atoms with Gasteiger partial charge < -0.3 is 15.0 Å². The summed E-state index contributed by atoms with van der Waals surface area (Å²) in [6.45, 7) is 4.50. The van der Waals surface area contributed by atoms with Gasteiger partial charge in [0.2, 0.25) is 0 Å². The van der Waals surface area contributed by atoms with Crippen molar-refractivity contribution in [1.82, 2.24) is 14.8 Å². The van der Waals surface area contributed by atoms with Crippen LogP contribution in [0.25, 0.3) is 0 Å². The van der Waals surface area contributed by atoms with Gasteiger partial charge in [0.05, 0.1) is 5.69 Å². The minimum absolute atomic E-state index is 0.111. The molecule has 3 aromatic rings. The second-order valence-corrected chi connectivity index (χ2v) is 9.90. The molecule has 1 N–H and O–H groups in total. The second kappa shape index (κ2) is 9.82. The topological polar surface area (TPSA) is 57.7 Å². The number of ether oxygens (including phenoxy) is 1. The maximum atomic E-state index is 12.6. The Morgan fingerprint density at radius 2 is 1.76 bits per heavy atom. The van der Waals surface area contributed by atoms with Crippen LogP contribution in [0.3, 0.4) is 0 Å². The van der Waals surface area contributed by atoms with Crippen LogP contribution in [0.15, 0.2) is 66.9 Å². The molecule has 176 valence electrons. The summed E-state index contributed by atoms with van der Waals surface area (Å²) in [5, 5.41) is 3.86. The predicted octanol–water partition coefficient (Wildman–Crippen LogP) is 6.31. The summed E-state index contributed by atoms with van der Waals surface area (Å²) < 4.78 is 5.97. The highest BCUT2D eigenvalue weighted by Gasteiger charge is 2.46. The third-order valence-electron chi connectivity index (χ3n) is 6.61. The minimum atomic E-state index is -0.111. The standard InChI is InChI=1S/C26H26Cl2N4O2/c27-20-6-8-21(9-7-20)34-22-4-1-3-19(15-22)16-31-13-10-26(11-14-31)17-32(18-26)25(33)30-23-5-2-12-29-24(23)28/h1-9,12,15H,10-11,13-14,16-18H2,(H,30,33). The number of halogens is 2. The molecule has 34 heavy (non-hydrogen) atoms. The molecular weight excluding hydrogens is 471 g/mol. The zero-order chi connectivity index (χ0) is 23.5. The highest BCUT2D eigenvalue weighted by molar-refractivity contribution is 6.32. The van der Waals surface area contributed by atoms with Crippen LogP contribution in [0.2, 0.25) is 10.2 Å². The molecule has 2 saturated heterocycles. The molecular formula is C26H26Cl2N4O2. The van der Waals surface area contributed by atoms with Crippen LogP contribution in [0.4, 0.5) is 10.5 Å². The molecule has 0 radical (unpaired) electrons. The first-order chi connectivity index (χ1) is 16.5. The molecule has 2 fully saturated rings. The Morgan fingerprint density at radius 3 is 2.50 bits per heavy atom. The molecule has 0 unspecified atom stereocenters. The fraction of sp³-hybridized carbons (Fsp3) is 0.308. The number of anilines is 1. The molecule has 6 nitrogen and oxygen atoms in total. The van der Waals surface area contributed by atoms with Crippen molar-refractivity contribution in [2.24, 2.45) is 5.41 Å². The van der Waals surface area contributed by atoms with E-state index in [-0.39, 0.29) is 11.4 Å². The molecule has 0 saturated carbocycles. The Bertz CT molecular complexity index is 1160. The van der Waals surface area contributed by atoms with Gasteiger partial charge in [-0.05, 0) is 80.0 Å². The van der Waals surface area contributed by atoms with Crippen molar-refractivity contribution in [3.05, 3.63) is 82.6 Å². The minimum Gasteiger partial charge on any atom is -0.457 e. The highest BCUT2D eigenvalue weighted by atomic mass is 35.5. The number of piperidine rings is 1. The van der Waals surface area contributed by atoms with Crippen molar-refractivity contribution in [3.63, 3.8) is 0 Å². The van der Waals surface area contributed by atoms with Crippen molar-refractivity contribution < 1.29 is 9.53 Å². The molecule has 1 aromatic heterocycles. The van der Waals surface area contributed by atoms with Gasteiger partial charge in [0.1, 0.15) is 11.5 Å². The summed E-state index contributed by atoms with van der Waals surface area (Å²) in [6, 6.07) is 19.0. The number of nitrogens with zero attached hydrogens (tertiary/aromatic N) is 3. The van der Waals surface area contributed by atoms with Gasteiger partial charge in [0.25, 0.3) is 0 Å². The number of hydrogen-bond acceptors (Lipinski definition) is 4. The number of rotatable bonds is 5. The average Bonchev–Trinajstić information content (AvgIpc) is 2.81. The summed E-state index contributed by atoms with van der Waals surface area (Å²) in [4.78, 5) is 20.9. The lowest BCUT2D eigenvalue weighted by molar-refractivity contribution is -0.0200. The van der Waals surface area contributed by atoms with E-state index >= 15 is 0 Å². The lowest BCUT2D eigenvalue weighted by atomic mass is 9.72. The van der Waals surface area contributed by atoms with E-state index in [4.69, 9.17) is 27.9 Å². The SMILES string of the molecule is O=C(Nc1cccnc1Cl)N1CC2(CCN(Cc3cccc(Oc4ccc(Cl)cc4)c3)CC2)C1. The van der Waals surface area contributed by atoms with E-state index in [1.807, 2.05) is 41.3 Å². The van der Waals surface area contributed by atoms with Crippen molar-refractivity contribution >= 4 is 34.9 Å². The van der Waals surface area contributed by atoms with E-state index < -0.39 is 0 Å². The Hall–Kier alpha value is -2.80. The van der Waals surface area contributed by atoms with Crippen LogP contribution in [0.1, 0.15) is 18.4 Å². The van der Waals surface area contributed by atoms with E-state index in [1.165, 1.54) is 5.56 Å². The van der Waals surface area contributed by atoms with E-state index in [1.54, 1.807) is 18.3 Å². The number of benzene rings is 2. The second-order valence-electron chi connectivity index (χ2n) is 9.11. The Morgan fingerprint density at radius 1 is 1.00 bits per heavy atom. The van der Waals surface area contributed by atoms with Crippen LogP contribution in [-0.4, -0.2) is 47.0 Å². The lowest BCUT2D eigenvalue weighted by Crippen LogP contribution is -2.62. The number of carbonyl (C=O) groups is 1. The van der Waals surface area contributed by atoms with E-state index in [2.05, 4.69) is 27.3 Å². The number of carbonyl (C=O) groups excluding carboxylic acids is 1. The fourth-order valence-electron chi connectivity index (χ4n) is 4.69. The van der Waals surface area contributed by atoms with Gasteiger partial charge >= 0.3 is 6.03 Å². The number of amides is 2. The summed E-state index contributed by atoms with van der Waals surface area (Å²) in [5.74, 6) is 1.59. The van der Waals surface area contributed by atoms with Gasteiger partial charge in [-0.15, -0.1) is 0 Å². The van der Waals surface area contributed by atoms with Gasteiger partial charge in [-0.2, -0.15) is 0 Å². The number of nitrogens with one attached hydrogen (secondary N) is 1. The first-order valence-corrected chi connectivity index (χ1v) is 12.1. The molecule has 0 aliphatic carbocycles. The average molecular weight is 497 g/mol. The van der Waals surface area contributed by atoms with Crippen LogP contribution < -0.4 is 10.1 Å². The number of urea groups is 1. The Labute approximate surface area is 209 Å². The summed E-state index contributed by atoms with van der Waals surface area (Å²) in [5.41, 5.74) is 2.00. The van der Waals surface area contributed by atoms with E-state index in [0.717, 1.165) is 57.1 Å². The van der Waals surface area contributed by atoms with E-state index in [9.17, 15) is 4.79 Å². The maximum absolute atomic E-state index is 12.6. The van der Waals surface area contributed by atoms with E-state index in [0.29, 0.717) is 15.9 Å². The summed E-state index contributed by atoms with van der Waals surface area (Å²) >= 11 is 12.0. The number of hydrogen-bond donors (Lipinski definition) is 1. The monoisotopic (exact) mass is 496 g/mol. The molecule has 2 aliphatic heterocycles. The van der Waals surface area contributed by atoms with Gasteiger partial charge in [-0.1, -0.05) is 35.3 Å². The van der Waals surface area contributed by atoms with Crippen LogP contribution in [-0.2, 0) is 6.54 Å². The largest absolute Gasteiger partial charge is 0.457 e. The quantitative estimate of drug-likeness (QED) is 0.420. The summed E-state index contributed by atoms with van der Waals surface area (Å²) in [7, 11) is 0. The smallest absolute Gasteiger partial charge is 0.321 e. The Kier molecular flexibility index (Phi) is 6.63. The Balaban J connectivity index is 1.10. The normalized spacial score (nSPS) is 17.3. The number of aromatic nitrogens is 1. The molecule has 3 heterocycles. The van der Waals surface area contributed by atoms with Crippen molar-refractivity contribution in [2.75, 3.05) is 31.5 Å². The zero-order valence-electron chi connectivity index (χ0n) is 18.7. The summed E-state index contributed by atoms with van der Waals surface area (Å²) in [6.07, 6.45) is 3.78. The first-order valence-electron chi connectivity index (χ1n) is 11.4. The van der Waals surface area contributed by atoms with Gasteiger partial charge in [0.15, 0.2) is 5.15 Å². The molecule has 0 bridgehead atoms. The highest BCUT2D eigenvalue weighted by Crippen LogP contribution is 2.41. The molecule has 0 atom stereocenters. The van der Waals surface area contributed by atoms with Crippen LogP contribution >= 0.6 is 23.2 Å². The molecule has 1 spiro atoms. The zero-order valence-corrected chi connectivity index (χ0v) is 20.2. The number of pyridine rings is 1. The van der Waals surface area contributed by atoms with Gasteiger partial charge in [-0.25, -0.2) is 9.78 Å².